The van der Waals surface area contributed by atoms with Gasteiger partial charge in [-0.3, -0.25) is 0 Å². The number of carbonyl (C=O) groups excluding carboxylic acids is 1. The maximum Gasteiger partial charge on any atom is 0.416 e. The topological polar surface area (TPSA) is 61.4 Å². The SMILES string of the molecule is CCC(C)C(O)CNC(=O)NCc1cccc(C(F)(F)F)c1. The fourth-order valence-electron chi connectivity index (χ4n) is 1.77. The monoisotopic (exact) mass is 318 g/mol. The van der Waals surface area contributed by atoms with E-state index in [0.29, 0.717) is 5.56 Å². The van der Waals surface area contributed by atoms with Crippen molar-refractivity contribution >= 4 is 6.03 Å². The van der Waals surface area contributed by atoms with Crippen molar-refractivity contribution in [1.29, 1.82) is 0 Å². The molecule has 0 fully saturated rings. The number of nitrogens with one attached hydrogen (secondary N) is 2. The molecule has 0 aromatic heterocycles. The third-order valence-corrected chi connectivity index (χ3v) is 3.48. The van der Waals surface area contributed by atoms with E-state index in [1.807, 2.05) is 13.8 Å². The van der Waals surface area contributed by atoms with E-state index in [0.717, 1.165) is 18.6 Å². The average molecular weight is 318 g/mol. The number of aliphatic hydroxyl groups excluding tert-OH is 1. The summed E-state index contributed by atoms with van der Waals surface area (Å²) in [6.45, 7) is 3.88. The normalized spacial score (nSPS) is 14.3. The van der Waals surface area contributed by atoms with Gasteiger partial charge in [0.1, 0.15) is 0 Å². The Bertz CT molecular complexity index is 492. The van der Waals surface area contributed by atoms with Crippen molar-refractivity contribution in [3.8, 4) is 0 Å². The molecule has 0 spiro atoms. The van der Waals surface area contributed by atoms with Crippen LogP contribution in [0.15, 0.2) is 24.3 Å². The fraction of sp³-hybridized carbons (Fsp3) is 0.533. The molecule has 0 saturated heterocycles. The molecule has 3 N–H and O–H groups in total. The zero-order valence-electron chi connectivity index (χ0n) is 12.6. The molecular weight excluding hydrogens is 297 g/mol. The minimum absolute atomic E-state index is 0.0187. The highest BCUT2D eigenvalue weighted by molar-refractivity contribution is 5.73. The molecule has 124 valence electrons. The second kappa shape index (κ2) is 8.03. The predicted molar refractivity (Wildman–Crippen MR) is 77.1 cm³/mol. The van der Waals surface area contributed by atoms with Crippen molar-refractivity contribution in [3.05, 3.63) is 35.4 Å². The van der Waals surface area contributed by atoms with Crippen LogP contribution in [0.1, 0.15) is 31.4 Å². The van der Waals surface area contributed by atoms with Gasteiger partial charge in [0.25, 0.3) is 0 Å². The van der Waals surface area contributed by atoms with E-state index in [4.69, 9.17) is 0 Å². The molecule has 22 heavy (non-hydrogen) atoms. The number of amides is 2. The zero-order valence-corrected chi connectivity index (χ0v) is 12.6. The van der Waals surface area contributed by atoms with Crippen LogP contribution < -0.4 is 10.6 Å². The molecule has 0 saturated carbocycles. The number of alkyl halides is 3. The molecule has 7 heteroatoms. The summed E-state index contributed by atoms with van der Waals surface area (Å²) in [7, 11) is 0. The van der Waals surface area contributed by atoms with Gasteiger partial charge in [-0.05, 0) is 23.6 Å². The van der Waals surface area contributed by atoms with Gasteiger partial charge in [0.2, 0.25) is 0 Å². The number of halogens is 3. The Balaban J connectivity index is 2.45. The minimum Gasteiger partial charge on any atom is -0.391 e. The van der Waals surface area contributed by atoms with Gasteiger partial charge in [-0.25, -0.2) is 4.79 Å². The number of carbonyl (C=O) groups is 1. The highest BCUT2D eigenvalue weighted by Crippen LogP contribution is 2.29. The van der Waals surface area contributed by atoms with Crippen LogP contribution in [0, 0.1) is 5.92 Å². The number of urea groups is 1. The van der Waals surface area contributed by atoms with Crippen LogP contribution in [0.4, 0.5) is 18.0 Å². The second-order valence-corrected chi connectivity index (χ2v) is 5.21. The van der Waals surface area contributed by atoms with Crippen LogP contribution in [0.2, 0.25) is 0 Å². The van der Waals surface area contributed by atoms with Gasteiger partial charge in [-0.15, -0.1) is 0 Å². The van der Waals surface area contributed by atoms with Crippen LogP contribution >= 0.6 is 0 Å². The Hall–Kier alpha value is -1.76. The fourth-order valence-corrected chi connectivity index (χ4v) is 1.77. The van der Waals surface area contributed by atoms with Crippen LogP contribution in [0.25, 0.3) is 0 Å². The molecule has 0 aliphatic rings. The third kappa shape index (κ3) is 5.93. The van der Waals surface area contributed by atoms with Crippen molar-refractivity contribution in [3.63, 3.8) is 0 Å². The van der Waals surface area contributed by atoms with Gasteiger partial charge < -0.3 is 15.7 Å². The van der Waals surface area contributed by atoms with Crippen LogP contribution in [0.5, 0.6) is 0 Å². The van der Waals surface area contributed by atoms with Gasteiger partial charge in [0.15, 0.2) is 0 Å². The van der Waals surface area contributed by atoms with E-state index in [2.05, 4.69) is 10.6 Å². The highest BCUT2D eigenvalue weighted by atomic mass is 19.4. The number of rotatable bonds is 6. The summed E-state index contributed by atoms with van der Waals surface area (Å²) < 4.78 is 37.7. The summed E-state index contributed by atoms with van der Waals surface area (Å²) in [5, 5.41) is 14.7. The summed E-state index contributed by atoms with van der Waals surface area (Å²) in [5.41, 5.74) is -0.396. The first kappa shape index (κ1) is 18.3. The minimum atomic E-state index is -4.40. The molecule has 1 rings (SSSR count). The molecule has 0 aliphatic carbocycles. The van der Waals surface area contributed by atoms with Crippen molar-refractivity contribution < 1.29 is 23.1 Å². The van der Waals surface area contributed by atoms with Crippen LogP contribution in [0.3, 0.4) is 0 Å². The van der Waals surface area contributed by atoms with Crippen molar-refractivity contribution in [2.24, 2.45) is 5.92 Å². The Morgan fingerprint density at radius 2 is 2.00 bits per heavy atom. The van der Waals surface area contributed by atoms with E-state index in [1.165, 1.54) is 12.1 Å². The smallest absolute Gasteiger partial charge is 0.391 e. The Kier molecular flexibility index (Phi) is 6.67. The largest absolute Gasteiger partial charge is 0.416 e. The van der Waals surface area contributed by atoms with E-state index >= 15 is 0 Å². The Morgan fingerprint density at radius 1 is 1.32 bits per heavy atom. The maximum atomic E-state index is 12.6. The average Bonchev–Trinajstić information content (AvgIpc) is 2.49. The Morgan fingerprint density at radius 3 is 2.59 bits per heavy atom. The molecule has 2 amide bonds. The van der Waals surface area contributed by atoms with Gasteiger partial charge in [0.05, 0.1) is 11.7 Å². The first-order valence-electron chi connectivity index (χ1n) is 7.10. The molecule has 1 aromatic carbocycles. The highest BCUT2D eigenvalue weighted by Gasteiger charge is 2.30. The number of benzene rings is 1. The molecule has 1 aromatic rings. The van der Waals surface area contributed by atoms with E-state index < -0.39 is 23.9 Å². The number of hydrogen-bond acceptors (Lipinski definition) is 2. The first-order valence-corrected chi connectivity index (χ1v) is 7.10. The lowest BCUT2D eigenvalue weighted by atomic mass is 10.0. The summed E-state index contributed by atoms with van der Waals surface area (Å²) in [5.74, 6) is 0.0590. The van der Waals surface area contributed by atoms with Crippen molar-refractivity contribution in [1.82, 2.24) is 10.6 Å². The lowest BCUT2D eigenvalue weighted by Gasteiger charge is -2.17. The van der Waals surface area contributed by atoms with Gasteiger partial charge in [0, 0.05) is 13.1 Å². The van der Waals surface area contributed by atoms with E-state index in [1.54, 1.807) is 0 Å². The molecule has 2 unspecified atom stereocenters. The molecule has 0 aliphatic heterocycles. The van der Waals surface area contributed by atoms with Crippen LogP contribution in [-0.4, -0.2) is 23.8 Å². The van der Waals surface area contributed by atoms with Gasteiger partial charge in [-0.1, -0.05) is 32.4 Å². The summed E-state index contributed by atoms with van der Waals surface area (Å²) in [6, 6.07) is 4.24. The summed E-state index contributed by atoms with van der Waals surface area (Å²) in [6.07, 6.45) is -4.27. The number of aliphatic hydroxyl groups is 1. The van der Waals surface area contributed by atoms with Gasteiger partial charge >= 0.3 is 12.2 Å². The molecule has 0 heterocycles. The summed E-state index contributed by atoms with van der Waals surface area (Å²) in [4.78, 5) is 11.6. The first-order chi connectivity index (χ1) is 10.2. The van der Waals surface area contributed by atoms with Gasteiger partial charge in [-0.2, -0.15) is 13.2 Å². The lowest BCUT2D eigenvalue weighted by Crippen LogP contribution is -2.41. The maximum absolute atomic E-state index is 12.6. The predicted octanol–water partition coefficient (Wildman–Crippen LogP) is 2.91. The third-order valence-electron chi connectivity index (χ3n) is 3.48. The van der Waals surface area contributed by atoms with Crippen LogP contribution in [-0.2, 0) is 12.7 Å². The standard InChI is InChI=1S/C15H21F3N2O2/c1-3-10(2)13(21)9-20-14(22)19-8-11-5-4-6-12(7-11)15(16,17)18/h4-7,10,13,21H,3,8-9H2,1-2H3,(H2,19,20,22). The molecule has 4 nitrogen and oxygen atoms in total. The Labute approximate surface area is 127 Å². The van der Waals surface area contributed by atoms with Crippen molar-refractivity contribution in [2.45, 2.75) is 39.1 Å². The molecule has 0 bridgehead atoms. The quantitative estimate of drug-likeness (QED) is 0.755. The lowest BCUT2D eigenvalue weighted by molar-refractivity contribution is -0.137. The van der Waals surface area contributed by atoms with E-state index in [-0.39, 0.29) is 19.0 Å². The van der Waals surface area contributed by atoms with Crippen molar-refractivity contribution in [2.75, 3.05) is 6.54 Å². The zero-order chi connectivity index (χ0) is 16.8. The number of hydrogen-bond donors (Lipinski definition) is 3. The van der Waals surface area contributed by atoms with E-state index in [9.17, 15) is 23.1 Å². The molecule has 2 atom stereocenters. The summed E-state index contributed by atoms with van der Waals surface area (Å²) >= 11 is 0. The molecule has 0 radical (unpaired) electrons. The second-order valence-electron chi connectivity index (χ2n) is 5.21. The molecular formula is C15H21F3N2O2.